The summed E-state index contributed by atoms with van der Waals surface area (Å²) in [6.45, 7) is 0. The van der Waals surface area contributed by atoms with Gasteiger partial charge in [0.25, 0.3) is 0 Å². The molecule has 0 N–H and O–H groups in total. The Balaban J connectivity index is 2.36. The van der Waals surface area contributed by atoms with Gasteiger partial charge in [0.1, 0.15) is 11.4 Å². The lowest BCUT2D eigenvalue weighted by molar-refractivity contribution is 0.615. The van der Waals surface area contributed by atoms with Crippen LogP contribution in [0.3, 0.4) is 0 Å². The summed E-state index contributed by atoms with van der Waals surface area (Å²) in [5, 5.41) is 0.569. The molecule has 1 unspecified atom stereocenters. The average molecular weight is 274 g/mol. The van der Waals surface area contributed by atoms with Crippen molar-refractivity contribution < 1.29 is 13.0 Å². The van der Waals surface area contributed by atoms with Crippen LogP contribution in [0.25, 0.3) is 22.3 Å². The molecule has 0 saturated heterocycles. The van der Waals surface area contributed by atoms with E-state index in [1.165, 1.54) is 12.1 Å². The van der Waals surface area contributed by atoms with Gasteiger partial charge >= 0.3 is 0 Å². The Bertz CT molecular complexity index is 762. The molecule has 2 nitrogen and oxygen atoms in total. The fraction of sp³-hybridized carbons (Fsp3) is 0.0667. The topological polar surface area (TPSA) is 30.2 Å². The van der Waals surface area contributed by atoms with Crippen molar-refractivity contribution in [2.24, 2.45) is 0 Å². The molecular formula is C15H11FO2S. The Morgan fingerprint density at radius 2 is 1.84 bits per heavy atom. The number of benzene rings is 2. The van der Waals surface area contributed by atoms with E-state index >= 15 is 0 Å². The van der Waals surface area contributed by atoms with Crippen LogP contribution in [0.15, 0.2) is 57.8 Å². The highest BCUT2D eigenvalue weighted by Gasteiger charge is 2.18. The maximum Gasteiger partial charge on any atom is 0.151 e. The molecule has 0 aliphatic heterocycles. The van der Waals surface area contributed by atoms with Crippen LogP contribution < -0.4 is 0 Å². The normalized spacial score (nSPS) is 12.7. The first-order valence-corrected chi connectivity index (χ1v) is 7.33. The lowest BCUT2D eigenvalue weighted by atomic mass is 10.1. The van der Waals surface area contributed by atoms with Crippen molar-refractivity contribution in [3.63, 3.8) is 0 Å². The van der Waals surface area contributed by atoms with Crippen molar-refractivity contribution in [2.75, 3.05) is 6.26 Å². The molecule has 0 aliphatic carbocycles. The number of fused-ring (bicyclic) bond motifs is 1. The van der Waals surface area contributed by atoms with Crippen LogP contribution in [-0.4, -0.2) is 10.5 Å². The van der Waals surface area contributed by atoms with Gasteiger partial charge in [-0.05, 0) is 18.2 Å². The molecule has 2 aromatic carbocycles. The summed E-state index contributed by atoms with van der Waals surface area (Å²) in [7, 11) is -1.25. The highest BCUT2D eigenvalue weighted by Crippen LogP contribution is 2.35. The van der Waals surface area contributed by atoms with Gasteiger partial charge in [0, 0.05) is 17.2 Å². The predicted octanol–water partition coefficient (Wildman–Crippen LogP) is 3.98. The smallest absolute Gasteiger partial charge is 0.151 e. The second-order valence-electron chi connectivity index (χ2n) is 4.22. The third kappa shape index (κ3) is 2.08. The van der Waals surface area contributed by atoms with Crippen molar-refractivity contribution in [3.8, 4) is 11.3 Å². The zero-order valence-electron chi connectivity index (χ0n) is 10.2. The second-order valence-corrected chi connectivity index (χ2v) is 5.54. The molecule has 0 bridgehead atoms. The average Bonchev–Trinajstić information content (AvgIpc) is 2.78. The van der Waals surface area contributed by atoms with Crippen molar-refractivity contribution in [1.82, 2.24) is 0 Å². The van der Waals surface area contributed by atoms with Crippen molar-refractivity contribution in [1.29, 1.82) is 0 Å². The number of hydrogen-bond acceptors (Lipinski definition) is 2. The highest BCUT2D eigenvalue weighted by molar-refractivity contribution is 7.84. The fourth-order valence-corrected chi connectivity index (χ4v) is 3.00. The molecular weight excluding hydrogens is 263 g/mol. The summed E-state index contributed by atoms with van der Waals surface area (Å²) in [5.41, 5.74) is 1.38. The van der Waals surface area contributed by atoms with E-state index in [4.69, 9.17) is 4.42 Å². The molecule has 0 saturated carbocycles. The van der Waals surface area contributed by atoms with Crippen LogP contribution in [0.5, 0.6) is 0 Å². The summed E-state index contributed by atoms with van der Waals surface area (Å²) in [6.07, 6.45) is 1.57. The maximum absolute atomic E-state index is 13.4. The van der Waals surface area contributed by atoms with Gasteiger partial charge in [0.2, 0.25) is 0 Å². The first kappa shape index (κ1) is 12.1. The second kappa shape index (κ2) is 4.63. The molecule has 1 aromatic heterocycles. The van der Waals surface area contributed by atoms with Gasteiger partial charge in [-0.25, -0.2) is 4.39 Å². The van der Waals surface area contributed by atoms with E-state index in [0.29, 0.717) is 21.6 Å². The number of hydrogen-bond donors (Lipinski definition) is 0. The first-order valence-electron chi connectivity index (χ1n) is 5.77. The Morgan fingerprint density at radius 3 is 2.53 bits per heavy atom. The lowest BCUT2D eigenvalue weighted by Crippen LogP contribution is -1.89. The molecule has 0 spiro atoms. The predicted molar refractivity (Wildman–Crippen MR) is 73.9 cm³/mol. The van der Waals surface area contributed by atoms with E-state index in [-0.39, 0.29) is 5.82 Å². The van der Waals surface area contributed by atoms with E-state index in [1.54, 1.807) is 12.3 Å². The molecule has 3 rings (SSSR count). The Kier molecular flexibility index (Phi) is 2.95. The minimum atomic E-state index is -1.25. The highest BCUT2D eigenvalue weighted by atomic mass is 32.2. The molecule has 0 aliphatic rings. The zero-order chi connectivity index (χ0) is 13.4. The molecule has 96 valence electrons. The summed E-state index contributed by atoms with van der Waals surface area (Å²) in [4.78, 5) is 0.542. The lowest BCUT2D eigenvalue weighted by Gasteiger charge is -1.99. The van der Waals surface area contributed by atoms with E-state index < -0.39 is 10.8 Å². The van der Waals surface area contributed by atoms with Crippen LogP contribution in [0.2, 0.25) is 0 Å². The van der Waals surface area contributed by atoms with Gasteiger partial charge in [-0.2, -0.15) is 0 Å². The molecule has 1 atom stereocenters. The maximum atomic E-state index is 13.4. The molecule has 0 fully saturated rings. The number of furan rings is 1. The van der Waals surface area contributed by atoms with Crippen molar-refractivity contribution >= 4 is 21.8 Å². The first-order chi connectivity index (χ1) is 9.16. The summed E-state index contributed by atoms with van der Waals surface area (Å²) in [5.74, 6) is 0.182. The standard InChI is InChI=1S/C15H11FO2S/c1-19(17)15-12-9-11(16)7-8-13(12)18-14(15)10-5-3-2-4-6-10/h2-9H,1H3. The van der Waals surface area contributed by atoms with Gasteiger partial charge in [-0.3, -0.25) is 4.21 Å². The molecule has 4 heteroatoms. The Hall–Kier alpha value is -1.94. The van der Waals surface area contributed by atoms with Gasteiger partial charge < -0.3 is 4.42 Å². The van der Waals surface area contributed by atoms with Crippen LogP contribution in [0, 0.1) is 5.82 Å². The summed E-state index contributed by atoms with van der Waals surface area (Å²) in [6, 6.07) is 13.7. The van der Waals surface area contributed by atoms with Crippen LogP contribution in [0.1, 0.15) is 0 Å². The molecule has 1 heterocycles. The fourth-order valence-electron chi connectivity index (χ4n) is 2.11. The Morgan fingerprint density at radius 1 is 1.11 bits per heavy atom. The van der Waals surface area contributed by atoms with E-state index in [1.807, 2.05) is 30.3 Å². The van der Waals surface area contributed by atoms with E-state index in [0.717, 1.165) is 5.56 Å². The largest absolute Gasteiger partial charge is 0.455 e. The Labute approximate surface area is 112 Å². The van der Waals surface area contributed by atoms with Crippen LogP contribution >= 0.6 is 0 Å². The number of halogens is 1. The van der Waals surface area contributed by atoms with Gasteiger partial charge in [0.15, 0.2) is 5.76 Å². The third-order valence-electron chi connectivity index (χ3n) is 2.93. The van der Waals surface area contributed by atoms with Crippen LogP contribution in [0.4, 0.5) is 4.39 Å². The molecule has 3 aromatic rings. The van der Waals surface area contributed by atoms with Crippen molar-refractivity contribution in [3.05, 3.63) is 54.3 Å². The van der Waals surface area contributed by atoms with Gasteiger partial charge in [-0.1, -0.05) is 30.3 Å². The zero-order valence-corrected chi connectivity index (χ0v) is 11.0. The third-order valence-corrected chi connectivity index (χ3v) is 3.91. The number of rotatable bonds is 2. The van der Waals surface area contributed by atoms with Gasteiger partial charge in [0.05, 0.1) is 15.7 Å². The van der Waals surface area contributed by atoms with Crippen molar-refractivity contribution in [2.45, 2.75) is 4.90 Å². The van der Waals surface area contributed by atoms with E-state index in [2.05, 4.69) is 0 Å². The summed E-state index contributed by atoms with van der Waals surface area (Å²) < 4.78 is 31.0. The monoisotopic (exact) mass is 274 g/mol. The minimum absolute atomic E-state index is 0.361. The SMILES string of the molecule is CS(=O)c1c(-c2ccccc2)oc2ccc(F)cc12. The quantitative estimate of drug-likeness (QED) is 0.707. The van der Waals surface area contributed by atoms with Gasteiger partial charge in [-0.15, -0.1) is 0 Å². The summed E-state index contributed by atoms with van der Waals surface area (Å²) >= 11 is 0. The van der Waals surface area contributed by atoms with E-state index in [9.17, 15) is 8.60 Å². The van der Waals surface area contributed by atoms with Crippen LogP contribution in [-0.2, 0) is 10.8 Å². The molecule has 0 amide bonds. The molecule has 19 heavy (non-hydrogen) atoms. The molecule has 0 radical (unpaired) electrons. The minimum Gasteiger partial charge on any atom is -0.455 e.